The van der Waals surface area contributed by atoms with Crippen molar-refractivity contribution in [2.24, 2.45) is 5.73 Å². The molecule has 3 N–H and O–H groups in total. The molecule has 0 spiro atoms. The Hall–Kier alpha value is -0.910. The quantitative estimate of drug-likeness (QED) is 0.853. The third-order valence-electron chi connectivity index (χ3n) is 3.68. The lowest BCUT2D eigenvalue weighted by molar-refractivity contribution is -0.133. The smallest absolute Gasteiger partial charge is 0.249 e. The lowest BCUT2D eigenvalue weighted by Gasteiger charge is -2.28. The Morgan fingerprint density at radius 1 is 1.38 bits per heavy atom. The van der Waals surface area contributed by atoms with Crippen LogP contribution in [0, 0.1) is 0 Å². The average molecular weight is 355 g/mol. The molecule has 1 heterocycles. The van der Waals surface area contributed by atoms with Gasteiger partial charge in [0.25, 0.3) is 0 Å². The van der Waals surface area contributed by atoms with Gasteiger partial charge in [0.05, 0.1) is 6.10 Å². The molecule has 0 aromatic heterocycles. The predicted octanol–water partition coefficient (Wildman–Crippen LogP) is 2.39. The molecule has 21 heavy (non-hydrogen) atoms. The molecule has 1 aromatic carbocycles. The van der Waals surface area contributed by atoms with Gasteiger partial charge < -0.3 is 15.8 Å². The molecule has 116 valence electrons. The molecule has 4 nitrogen and oxygen atoms in total. The fourth-order valence-corrected chi connectivity index (χ4v) is 2.91. The monoisotopic (exact) mass is 354 g/mol. The molecule has 2 atom stereocenters. The number of hydrogen-bond acceptors (Lipinski definition) is 3. The minimum absolute atomic E-state index is 0.0235. The third kappa shape index (κ3) is 4.80. The highest BCUT2D eigenvalue weighted by atomic mass is 79.9. The second-order valence-corrected chi connectivity index (χ2v) is 7.15. The van der Waals surface area contributed by atoms with Crippen molar-refractivity contribution in [3.8, 4) is 0 Å². The van der Waals surface area contributed by atoms with Crippen LogP contribution < -0.4 is 11.1 Å². The second-order valence-electron chi connectivity index (χ2n) is 6.24. The third-order valence-corrected chi connectivity index (χ3v) is 4.21. The Balaban J connectivity index is 1.91. The second kappa shape index (κ2) is 6.90. The molecule has 1 fully saturated rings. The van der Waals surface area contributed by atoms with E-state index in [1.165, 1.54) is 5.56 Å². The van der Waals surface area contributed by atoms with E-state index in [1.54, 1.807) is 0 Å². The van der Waals surface area contributed by atoms with Gasteiger partial charge in [-0.2, -0.15) is 0 Å². The summed E-state index contributed by atoms with van der Waals surface area (Å²) in [5, 5.41) is 3.09. The molecule has 1 amide bonds. The molecule has 0 aliphatic carbocycles. The molecular formula is C16H23BrN2O2. The standard InChI is InChI=1S/C16H23BrN2O2/c1-16(2,9-11-3-5-12(17)6-4-11)19-15(20)14-8-7-13(10-18)21-14/h3-6,13-14H,7-10,18H2,1-2H3,(H,19,20)/t13-,14+/m1/s1. The van der Waals surface area contributed by atoms with Crippen molar-refractivity contribution in [1.29, 1.82) is 0 Å². The van der Waals surface area contributed by atoms with Crippen molar-refractivity contribution < 1.29 is 9.53 Å². The number of carbonyl (C=O) groups is 1. The van der Waals surface area contributed by atoms with E-state index in [9.17, 15) is 4.79 Å². The fraction of sp³-hybridized carbons (Fsp3) is 0.562. The van der Waals surface area contributed by atoms with Gasteiger partial charge in [-0.25, -0.2) is 0 Å². The zero-order valence-corrected chi connectivity index (χ0v) is 14.2. The Bertz CT molecular complexity index is 488. The first-order valence-electron chi connectivity index (χ1n) is 7.31. The van der Waals surface area contributed by atoms with Crippen molar-refractivity contribution in [2.45, 2.75) is 50.9 Å². The van der Waals surface area contributed by atoms with Crippen LogP contribution in [0.5, 0.6) is 0 Å². The minimum Gasteiger partial charge on any atom is -0.364 e. The molecule has 0 saturated carbocycles. The Kier molecular flexibility index (Phi) is 5.41. The topological polar surface area (TPSA) is 64.4 Å². The van der Waals surface area contributed by atoms with Crippen LogP contribution >= 0.6 is 15.9 Å². The van der Waals surface area contributed by atoms with Gasteiger partial charge in [-0.15, -0.1) is 0 Å². The van der Waals surface area contributed by atoms with Gasteiger partial charge in [0.1, 0.15) is 6.10 Å². The summed E-state index contributed by atoms with van der Waals surface area (Å²) in [6.07, 6.45) is 2.06. The summed E-state index contributed by atoms with van der Waals surface area (Å²) < 4.78 is 6.70. The van der Waals surface area contributed by atoms with Crippen LogP contribution in [-0.2, 0) is 16.0 Å². The van der Waals surface area contributed by atoms with Crippen molar-refractivity contribution in [3.05, 3.63) is 34.3 Å². The van der Waals surface area contributed by atoms with E-state index in [2.05, 4.69) is 33.4 Å². The van der Waals surface area contributed by atoms with Gasteiger partial charge in [-0.3, -0.25) is 4.79 Å². The van der Waals surface area contributed by atoms with Crippen LogP contribution in [0.2, 0.25) is 0 Å². The Labute approximate surface area is 134 Å². The van der Waals surface area contributed by atoms with E-state index >= 15 is 0 Å². The van der Waals surface area contributed by atoms with Gasteiger partial charge in [-0.1, -0.05) is 28.1 Å². The summed E-state index contributed by atoms with van der Waals surface area (Å²) in [6.45, 7) is 4.54. The zero-order chi connectivity index (χ0) is 15.5. The SMILES string of the molecule is CC(C)(Cc1ccc(Br)cc1)NC(=O)[C@@H]1CC[C@H](CN)O1. The van der Waals surface area contributed by atoms with Crippen LogP contribution in [0.1, 0.15) is 32.3 Å². The molecule has 0 unspecified atom stereocenters. The maximum absolute atomic E-state index is 12.3. The summed E-state index contributed by atoms with van der Waals surface area (Å²) in [5.41, 5.74) is 6.46. The highest BCUT2D eigenvalue weighted by Gasteiger charge is 2.32. The molecule has 2 rings (SSSR count). The van der Waals surface area contributed by atoms with Crippen molar-refractivity contribution in [2.75, 3.05) is 6.54 Å². The number of halogens is 1. The average Bonchev–Trinajstić information content (AvgIpc) is 2.89. The lowest BCUT2D eigenvalue weighted by atomic mass is 9.94. The first-order valence-corrected chi connectivity index (χ1v) is 8.11. The minimum atomic E-state index is -0.359. The van der Waals surface area contributed by atoms with E-state index in [0.29, 0.717) is 6.54 Å². The van der Waals surface area contributed by atoms with E-state index in [1.807, 2.05) is 26.0 Å². The molecule has 1 saturated heterocycles. The number of carbonyl (C=O) groups excluding carboxylic acids is 1. The summed E-state index contributed by atoms with van der Waals surface area (Å²) in [4.78, 5) is 12.3. The zero-order valence-electron chi connectivity index (χ0n) is 12.6. The number of nitrogens with one attached hydrogen (secondary N) is 1. The number of ether oxygens (including phenoxy) is 1. The van der Waals surface area contributed by atoms with E-state index < -0.39 is 0 Å². The van der Waals surface area contributed by atoms with Crippen LogP contribution in [0.25, 0.3) is 0 Å². The van der Waals surface area contributed by atoms with E-state index in [0.717, 1.165) is 23.7 Å². The van der Waals surface area contributed by atoms with Crippen molar-refractivity contribution in [1.82, 2.24) is 5.32 Å². The van der Waals surface area contributed by atoms with Crippen LogP contribution in [-0.4, -0.2) is 30.2 Å². The number of rotatable bonds is 5. The van der Waals surface area contributed by atoms with Gasteiger partial charge in [-0.05, 0) is 50.8 Å². The largest absolute Gasteiger partial charge is 0.364 e. The predicted molar refractivity (Wildman–Crippen MR) is 87.0 cm³/mol. The highest BCUT2D eigenvalue weighted by Crippen LogP contribution is 2.21. The number of amides is 1. The Morgan fingerprint density at radius 2 is 2.05 bits per heavy atom. The molecule has 1 aliphatic heterocycles. The van der Waals surface area contributed by atoms with Crippen molar-refractivity contribution >= 4 is 21.8 Å². The van der Waals surface area contributed by atoms with Crippen LogP contribution in [0.4, 0.5) is 0 Å². The molecular weight excluding hydrogens is 332 g/mol. The summed E-state index contributed by atoms with van der Waals surface area (Å²) in [6, 6.07) is 8.15. The molecule has 1 aliphatic rings. The van der Waals surface area contributed by atoms with Crippen LogP contribution in [0.15, 0.2) is 28.7 Å². The van der Waals surface area contributed by atoms with Crippen LogP contribution in [0.3, 0.4) is 0 Å². The number of hydrogen-bond donors (Lipinski definition) is 2. The molecule has 5 heteroatoms. The van der Waals surface area contributed by atoms with Gasteiger partial charge in [0.15, 0.2) is 0 Å². The maximum Gasteiger partial charge on any atom is 0.249 e. The normalized spacial score (nSPS) is 22.3. The van der Waals surface area contributed by atoms with Crippen molar-refractivity contribution in [3.63, 3.8) is 0 Å². The molecule has 1 aromatic rings. The van der Waals surface area contributed by atoms with Gasteiger partial charge in [0, 0.05) is 16.6 Å². The van der Waals surface area contributed by atoms with E-state index in [4.69, 9.17) is 10.5 Å². The molecule has 0 radical (unpaired) electrons. The van der Waals surface area contributed by atoms with Gasteiger partial charge >= 0.3 is 0 Å². The summed E-state index contributed by atoms with van der Waals surface area (Å²) >= 11 is 3.43. The maximum atomic E-state index is 12.3. The molecule has 0 bridgehead atoms. The number of nitrogens with two attached hydrogens (primary N) is 1. The first-order chi connectivity index (χ1) is 9.89. The summed E-state index contributed by atoms with van der Waals surface area (Å²) in [5.74, 6) is -0.0342. The highest BCUT2D eigenvalue weighted by molar-refractivity contribution is 9.10. The Morgan fingerprint density at radius 3 is 2.62 bits per heavy atom. The van der Waals surface area contributed by atoms with E-state index in [-0.39, 0.29) is 23.7 Å². The fourth-order valence-electron chi connectivity index (χ4n) is 2.64. The summed E-state index contributed by atoms with van der Waals surface area (Å²) in [7, 11) is 0. The lowest BCUT2D eigenvalue weighted by Crippen LogP contribution is -2.49. The number of benzene rings is 1. The first kappa shape index (κ1) is 16.5. The van der Waals surface area contributed by atoms with Gasteiger partial charge in [0.2, 0.25) is 5.91 Å².